The van der Waals surface area contributed by atoms with Gasteiger partial charge in [0.15, 0.2) is 0 Å². The van der Waals surface area contributed by atoms with Gasteiger partial charge in [-0.2, -0.15) is 0 Å². The van der Waals surface area contributed by atoms with Crippen molar-refractivity contribution >= 4 is 15.9 Å². The van der Waals surface area contributed by atoms with E-state index in [0.29, 0.717) is 0 Å². The predicted molar refractivity (Wildman–Crippen MR) is 38.8 cm³/mol. The molecular weight excluding hydrogens is 180 g/mol. The van der Waals surface area contributed by atoms with Gasteiger partial charge < -0.3 is 0 Å². The van der Waals surface area contributed by atoms with E-state index in [9.17, 15) is 0 Å². The molecule has 0 amide bonds. The van der Waals surface area contributed by atoms with Gasteiger partial charge in [-0.05, 0) is 15.9 Å². The van der Waals surface area contributed by atoms with E-state index in [4.69, 9.17) is 0 Å². The number of hydrogen-bond donors (Lipinski definition) is 0. The molecule has 0 unspecified atom stereocenters. The van der Waals surface area contributed by atoms with E-state index in [0.717, 1.165) is 10.3 Å². The van der Waals surface area contributed by atoms with E-state index >= 15 is 0 Å². The molecule has 1 radical (unpaired) electrons. The second-order valence-corrected chi connectivity index (χ2v) is 2.37. The summed E-state index contributed by atoms with van der Waals surface area (Å²) in [4.78, 5) is 8.00. The van der Waals surface area contributed by atoms with Crippen LogP contribution < -0.4 is 0 Å². The molecule has 1 aromatic heterocycles. The number of nitrogens with zero attached hydrogens (tertiary/aromatic N) is 2. The molecule has 0 aliphatic carbocycles. The largest absolute Gasteiger partial charge is 0.260 e. The molecule has 0 bridgehead atoms. The molecule has 1 rings (SSSR count). The summed E-state index contributed by atoms with van der Waals surface area (Å²) >= 11 is 3.21. The molecule has 0 N–H and O–H groups in total. The molecule has 0 fully saturated rings. The summed E-state index contributed by atoms with van der Waals surface area (Å²) in [5.74, 6) is 0. The maximum atomic E-state index is 4.09. The van der Waals surface area contributed by atoms with Crippen molar-refractivity contribution in [1.29, 1.82) is 0 Å². The van der Waals surface area contributed by atoms with Gasteiger partial charge in [0.1, 0.15) is 4.60 Å². The average molecular weight is 186 g/mol. The Balaban J connectivity index is 2.94. The van der Waals surface area contributed by atoms with Crippen LogP contribution in [0.25, 0.3) is 0 Å². The second-order valence-electron chi connectivity index (χ2n) is 1.56. The van der Waals surface area contributed by atoms with Crippen LogP contribution in [0.15, 0.2) is 17.0 Å². The van der Waals surface area contributed by atoms with Crippen LogP contribution in [0.5, 0.6) is 0 Å². The van der Waals surface area contributed by atoms with E-state index in [1.807, 2.05) is 13.3 Å². The van der Waals surface area contributed by atoms with Crippen LogP contribution in [0.2, 0.25) is 0 Å². The van der Waals surface area contributed by atoms with Crippen LogP contribution in [-0.4, -0.2) is 9.97 Å². The highest BCUT2D eigenvalue weighted by molar-refractivity contribution is 9.10. The number of hydrogen-bond acceptors (Lipinski definition) is 2. The van der Waals surface area contributed by atoms with Crippen molar-refractivity contribution < 1.29 is 0 Å². The molecule has 0 spiro atoms. The Morgan fingerprint density at radius 3 is 2.78 bits per heavy atom. The van der Waals surface area contributed by atoms with Gasteiger partial charge in [-0.1, -0.05) is 6.92 Å². The fourth-order valence-electron chi connectivity index (χ4n) is 0.495. The zero-order valence-corrected chi connectivity index (χ0v) is 6.59. The normalized spacial score (nSPS) is 9.56. The first-order chi connectivity index (χ1) is 4.33. The molecule has 0 atom stereocenters. The molecule has 2 nitrogen and oxygen atoms in total. The van der Waals surface area contributed by atoms with Gasteiger partial charge in [0.05, 0.1) is 11.9 Å². The summed E-state index contributed by atoms with van der Waals surface area (Å²) < 4.78 is 0.776. The Morgan fingerprint density at radius 2 is 2.33 bits per heavy atom. The molecule has 0 saturated heterocycles. The summed E-state index contributed by atoms with van der Waals surface area (Å²) in [6.45, 7) is 1.93. The Kier molecular flexibility index (Phi) is 2.16. The smallest absolute Gasteiger partial charge is 0.124 e. The maximum Gasteiger partial charge on any atom is 0.124 e. The standard InChI is InChI=1S/C6H6BrN2/c1-2-5-3-8-4-6(7)9-5/h2-4H,1H3. The maximum absolute atomic E-state index is 4.09. The summed E-state index contributed by atoms with van der Waals surface area (Å²) in [7, 11) is 0. The van der Waals surface area contributed by atoms with Crippen LogP contribution in [0.3, 0.4) is 0 Å². The van der Waals surface area contributed by atoms with Gasteiger partial charge in [0, 0.05) is 12.6 Å². The topological polar surface area (TPSA) is 25.8 Å². The molecule has 0 saturated carbocycles. The third-order valence-electron chi connectivity index (χ3n) is 0.920. The average Bonchev–Trinajstić information content (AvgIpc) is 1.88. The van der Waals surface area contributed by atoms with Crippen LogP contribution in [-0.2, 0) is 0 Å². The van der Waals surface area contributed by atoms with E-state index in [1.54, 1.807) is 12.4 Å². The summed E-state index contributed by atoms with van der Waals surface area (Å²) in [5.41, 5.74) is 0.893. The highest BCUT2D eigenvalue weighted by Gasteiger charge is 1.90. The third-order valence-corrected chi connectivity index (χ3v) is 1.30. The Bertz CT molecular complexity index is 200. The van der Waals surface area contributed by atoms with Crippen LogP contribution in [0.1, 0.15) is 12.6 Å². The molecule has 0 aliphatic rings. The molecular formula is C6H6BrN2. The van der Waals surface area contributed by atoms with Gasteiger partial charge in [0.2, 0.25) is 0 Å². The SMILES string of the molecule is C[CH]c1cncc(Br)n1. The number of aromatic nitrogens is 2. The zero-order chi connectivity index (χ0) is 6.69. The minimum Gasteiger partial charge on any atom is -0.260 e. The first-order valence-corrected chi connectivity index (χ1v) is 3.39. The lowest BCUT2D eigenvalue weighted by Gasteiger charge is -1.91. The van der Waals surface area contributed by atoms with Gasteiger partial charge >= 0.3 is 0 Å². The fourth-order valence-corrected chi connectivity index (χ4v) is 0.818. The van der Waals surface area contributed by atoms with Gasteiger partial charge in [-0.15, -0.1) is 0 Å². The summed E-state index contributed by atoms with van der Waals surface area (Å²) in [6.07, 6.45) is 5.27. The molecule has 0 aromatic carbocycles. The molecule has 47 valence electrons. The van der Waals surface area contributed by atoms with E-state index in [-0.39, 0.29) is 0 Å². The Labute approximate surface area is 62.5 Å². The monoisotopic (exact) mass is 185 g/mol. The lowest BCUT2D eigenvalue weighted by molar-refractivity contribution is 1.09. The lowest BCUT2D eigenvalue weighted by Crippen LogP contribution is -1.85. The van der Waals surface area contributed by atoms with Crippen LogP contribution in [0, 0.1) is 6.42 Å². The van der Waals surface area contributed by atoms with Crippen LogP contribution >= 0.6 is 15.9 Å². The van der Waals surface area contributed by atoms with Crippen molar-refractivity contribution in [2.45, 2.75) is 6.92 Å². The van der Waals surface area contributed by atoms with E-state index < -0.39 is 0 Å². The summed E-state index contributed by atoms with van der Waals surface area (Å²) in [6, 6.07) is 0. The van der Waals surface area contributed by atoms with Gasteiger partial charge in [-0.3, -0.25) is 4.98 Å². The van der Waals surface area contributed by atoms with Crippen molar-refractivity contribution in [3.63, 3.8) is 0 Å². The Hall–Kier alpha value is -0.440. The zero-order valence-electron chi connectivity index (χ0n) is 5.00. The molecule has 9 heavy (non-hydrogen) atoms. The molecule has 1 heterocycles. The quantitative estimate of drug-likeness (QED) is 0.668. The highest BCUT2D eigenvalue weighted by atomic mass is 79.9. The third kappa shape index (κ3) is 1.75. The van der Waals surface area contributed by atoms with Crippen molar-refractivity contribution in [3.05, 3.63) is 29.1 Å². The molecule has 1 aromatic rings. The fraction of sp³-hybridized carbons (Fsp3) is 0.167. The number of halogens is 1. The highest BCUT2D eigenvalue weighted by Crippen LogP contribution is 2.04. The van der Waals surface area contributed by atoms with E-state index in [2.05, 4.69) is 25.9 Å². The first kappa shape index (κ1) is 6.68. The van der Waals surface area contributed by atoms with Gasteiger partial charge in [0.25, 0.3) is 0 Å². The summed E-state index contributed by atoms with van der Waals surface area (Å²) in [5, 5.41) is 0. The van der Waals surface area contributed by atoms with Crippen molar-refractivity contribution in [1.82, 2.24) is 9.97 Å². The van der Waals surface area contributed by atoms with Crippen molar-refractivity contribution in [3.8, 4) is 0 Å². The van der Waals surface area contributed by atoms with E-state index in [1.165, 1.54) is 0 Å². The van der Waals surface area contributed by atoms with Crippen molar-refractivity contribution in [2.24, 2.45) is 0 Å². The minimum atomic E-state index is 0.776. The lowest BCUT2D eigenvalue weighted by atomic mass is 10.4. The second kappa shape index (κ2) is 2.92. The van der Waals surface area contributed by atoms with Crippen LogP contribution in [0.4, 0.5) is 0 Å². The Morgan fingerprint density at radius 1 is 1.56 bits per heavy atom. The van der Waals surface area contributed by atoms with Crippen molar-refractivity contribution in [2.75, 3.05) is 0 Å². The first-order valence-electron chi connectivity index (χ1n) is 2.60. The predicted octanol–water partition coefficient (Wildman–Crippen LogP) is 1.81. The molecule has 3 heteroatoms. The minimum absolute atomic E-state index is 0.776. The molecule has 0 aliphatic heterocycles. The van der Waals surface area contributed by atoms with Gasteiger partial charge in [-0.25, -0.2) is 4.98 Å². The number of rotatable bonds is 1.